The maximum absolute atomic E-state index is 12.2. The van der Waals surface area contributed by atoms with Gasteiger partial charge in [-0.3, -0.25) is 14.9 Å². The second-order valence-electron chi connectivity index (χ2n) is 7.04. The molecular formula is C20H22N4O7S. The predicted molar refractivity (Wildman–Crippen MR) is 116 cm³/mol. The number of benzene rings is 1. The number of amides is 2. The number of thiazole rings is 1. The summed E-state index contributed by atoms with van der Waals surface area (Å²) in [5.41, 5.74) is 1.22. The summed E-state index contributed by atoms with van der Waals surface area (Å²) in [4.78, 5) is 52.4. The largest absolute Gasteiger partial charge is 0.477 e. The van der Waals surface area contributed by atoms with Gasteiger partial charge in [0, 0.05) is 30.3 Å². The van der Waals surface area contributed by atoms with Crippen LogP contribution in [-0.4, -0.2) is 65.9 Å². The van der Waals surface area contributed by atoms with Crippen molar-refractivity contribution in [3.8, 4) is 11.3 Å². The molecule has 3 rings (SSSR count). The van der Waals surface area contributed by atoms with Crippen molar-refractivity contribution in [1.82, 2.24) is 10.3 Å². The van der Waals surface area contributed by atoms with Gasteiger partial charge in [-0.15, -0.1) is 0 Å². The van der Waals surface area contributed by atoms with Crippen molar-refractivity contribution >= 4 is 46.1 Å². The lowest BCUT2D eigenvalue weighted by atomic mass is 9.96. The van der Waals surface area contributed by atoms with Gasteiger partial charge in [-0.05, 0) is 25.0 Å². The lowest BCUT2D eigenvalue weighted by Gasteiger charge is -2.30. The summed E-state index contributed by atoms with van der Waals surface area (Å²) in [6.45, 7) is 0.863. The molecule has 0 aliphatic carbocycles. The molecule has 2 aromatic rings. The highest BCUT2D eigenvalue weighted by Crippen LogP contribution is 2.35. The van der Waals surface area contributed by atoms with E-state index in [0.717, 1.165) is 11.3 Å². The SMILES string of the molecule is COC(=O)CNC(=O)C1CCN(c2nc(-c3ccc(NC(=O)O)cc3)c(C(=O)O)s2)CC1. The Bertz CT molecular complexity index is 1010. The molecule has 0 saturated carbocycles. The quantitative estimate of drug-likeness (QED) is 0.452. The number of carboxylic acids is 1. The Hall–Kier alpha value is -3.67. The number of anilines is 2. The highest BCUT2D eigenvalue weighted by atomic mass is 32.1. The number of carboxylic acid groups (broad SMARTS) is 2. The maximum Gasteiger partial charge on any atom is 0.409 e. The standard InChI is InChI=1S/C20H22N4O7S/c1-31-14(25)10-21-17(26)12-6-8-24(9-7-12)19-23-15(16(32-19)18(27)28)11-2-4-13(5-3-11)22-20(29)30/h2-5,12,22H,6-10H2,1H3,(H,21,26)(H,27,28)(H,29,30). The second kappa shape index (κ2) is 10.1. The number of nitrogens with one attached hydrogen (secondary N) is 2. The molecule has 1 saturated heterocycles. The molecule has 170 valence electrons. The molecule has 0 spiro atoms. The van der Waals surface area contributed by atoms with Crippen molar-refractivity contribution in [2.75, 3.05) is 37.0 Å². The molecule has 0 radical (unpaired) electrons. The van der Waals surface area contributed by atoms with Crippen molar-refractivity contribution < 1.29 is 34.1 Å². The van der Waals surface area contributed by atoms with Crippen LogP contribution in [0.25, 0.3) is 11.3 Å². The van der Waals surface area contributed by atoms with Crippen LogP contribution in [0.4, 0.5) is 15.6 Å². The molecule has 0 unspecified atom stereocenters. The van der Waals surface area contributed by atoms with Gasteiger partial charge in [0.25, 0.3) is 0 Å². The third kappa shape index (κ3) is 5.52. The number of carbonyl (C=O) groups is 4. The fourth-order valence-electron chi connectivity index (χ4n) is 3.33. The van der Waals surface area contributed by atoms with Gasteiger partial charge in [-0.25, -0.2) is 14.6 Å². The highest BCUT2D eigenvalue weighted by molar-refractivity contribution is 7.17. The minimum Gasteiger partial charge on any atom is -0.477 e. The molecule has 32 heavy (non-hydrogen) atoms. The molecule has 4 N–H and O–H groups in total. The van der Waals surface area contributed by atoms with Gasteiger partial charge >= 0.3 is 18.0 Å². The van der Waals surface area contributed by atoms with Crippen LogP contribution in [-0.2, 0) is 14.3 Å². The molecule has 12 heteroatoms. The van der Waals surface area contributed by atoms with Gasteiger partial charge in [0.15, 0.2) is 5.13 Å². The van der Waals surface area contributed by atoms with Gasteiger partial charge in [-0.1, -0.05) is 23.5 Å². The fourth-order valence-corrected chi connectivity index (χ4v) is 4.31. The number of rotatable bonds is 7. The van der Waals surface area contributed by atoms with E-state index in [1.807, 2.05) is 4.90 Å². The summed E-state index contributed by atoms with van der Waals surface area (Å²) >= 11 is 1.05. The zero-order valence-electron chi connectivity index (χ0n) is 17.2. The van der Waals surface area contributed by atoms with Crippen molar-refractivity contribution in [2.45, 2.75) is 12.8 Å². The van der Waals surface area contributed by atoms with Gasteiger partial charge in [0.1, 0.15) is 11.4 Å². The molecule has 1 aromatic carbocycles. The number of ether oxygens (including phenoxy) is 1. The molecule has 1 aliphatic rings. The van der Waals surface area contributed by atoms with Crippen LogP contribution in [0.2, 0.25) is 0 Å². The third-order valence-electron chi connectivity index (χ3n) is 4.99. The average Bonchev–Trinajstić information content (AvgIpc) is 3.23. The number of esters is 1. The smallest absolute Gasteiger partial charge is 0.409 e. The molecule has 1 fully saturated rings. The number of hydrogen-bond acceptors (Lipinski definition) is 8. The topological polar surface area (TPSA) is 158 Å². The summed E-state index contributed by atoms with van der Waals surface area (Å²) in [5, 5.41) is 23.7. The molecule has 2 heterocycles. The Kier molecular flexibility index (Phi) is 7.25. The Morgan fingerprint density at radius 1 is 1.16 bits per heavy atom. The van der Waals surface area contributed by atoms with E-state index in [-0.39, 0.29) is 23.2 Å². The first kappa shape index (κ1) is 23.0. The number of nitrogens with zero attached hydrogens (tertiary/aromatic N) is 2. The Balaban J connectivity index is 1.69. The Morgan fingerprint density at radius 3 is 2.38 bits per heavy atom. The van der Waals surface area contributed by atoms with Gasteiger partial charge < -0.3 is 25.2 Å². The van der Waals surface area contributed by atoms with E-state index >= 15 is 0 Å². The third-order valence-corrected chi connectivity index (χ3v) is 6.09. The average molecular weight is 462 g/mol. The molecule has 1 aromatic heterocycles. The van der Waals surface area contributed by atoms with Crippen LogP contribution in [0.1, 0.15) is 22.5 Å². The van der Waals surface area contributed by atoms with Gasteiger partial charge in [-0.2, -0.15) is 0 Å². The minimum absolute atomic E-state index is 0.0805. The van der Waals surface area contributed by atoms with Crippen LogP contribution in [0.15, 0.2) is 24.3 Å². The van der Waals surface area contributed by atoms with Crippen molar-refractivity contribution in [2.24, 2.45) is 5.92 Å². The van der Waals surface area contributed by atoms with Crippen LogP contribution >= 0.6 is 11.3 Å². The lowest BCUT2D eigenvalue weighted by molar-refractivity contribution is -0.141. The van der Waals surface area contributed by atoms with Crippen LogP contribution < -0.4 is 15.5 Å². The Morgan fingerprint density at radius 2 is 1.81 bits per heavy atom. The van der Waals surface area contributed by atoms with E-state index in [2.05, 4.69) is 20.4 Å². The van der Waals surface area contributed by atoms with E-state index in [4.69, 9.17) is 5.11 Å². The summed E-state index contributed by atoms with van der Waals surface area (Å²) in [6.07, 6.45) is -0.109. The summed E-state index contributed by atoms with van der Waals surface area (Å²) < 4.78 is 4.51. The Labute approximate surface area is 187 Å². The lowest BCUT2D eigenvalue weighted by Crippen LogP contribution is -2.42. The number of hydrogen-bond donors (Lipinski definition) is 4. The fraction of sp³-hybridized carbons (Fsp3) is 0.350. The number of aromatic nitrogens is 1. The van der Waals surface area contributed by atoms with Crippen LogP contribution in [0.3, 0.4) is 0 Å². The van der Waals surface area contributed by atoms with E-state index in [1.165, 1.54) is 19.2 Å². The molecular weight excluding hydrogens is 440 g/mol. The first-order chi connectivity index (χ1) is 15.3. The van der Waals surface area contributed by atoms with E-state index < -0.39 is 18.0 Å². The molecule has 1 aliphatic heterocycles. The second-order valence-corrected chi connectivity index (χ2v) is 8.02. The number of carbonyl (C=O) groups excluding carboxylic acids is 2. The zero-order chi connectivity index (χ0) is 23.3. The van der Waals surface area contributed by atoms with Gasteiger partial charge in [0.2, 0.25) is 5.91 Å². The van der Waals surface area contributed by atoms with Crippen molar-refractivity contribution in [3.63, 3.8) is 0 Å². The van der Waals surface area contributed by atoms with E-state index in [0.29, 0.717) is 48.0 Å². The molecule has 2 amide bonds. The molecule has 0 atom stereocenters. The summed E-state index contributed by atoms with van der Waals surface area (Å²) in [5.74, 6) is -2.08. The van der Waals surface area contributed by atoms with Crippen LogP contribution in [0, 0.1) is 5.92 Å². The van der Waals surface area contributed by atoms with Crippen molar-refractivity contribution in [1.29, 1.82) is 0 Å². The first-order valence-corrected chi connectivity index (χ1v) is 10.5. The highest BCUT2D eigenvalue weighted by Gasteiger charge is 2.28. The van der Waals surface area contributed by atoms with Gasteiger partial charge in [0.05, 0.1) is 12.8 Å². The summed E-state index contributed by atoms with van der Waals surface area (Å²) in [7, 11) is 1.25. The predicted octanol–water partition coefficient (Wildman–Crippen LogP) is 2.10. The monoisotopic (exact) mass is 462 g/mol. The van der Waals surface area contributed by atoms with E-state index in [9.17, 15) is 24.3 Å². The number of methoxy groups -OCH3 is 1. The zero-order valence-corrected chi connectivity index (χ0v) is 18.0. The number of aromatic carboxylic acids is 1. The first-order valence-electron chi connectivity index (χ1n) is 9.72. The maximum atomic E-state index is 12.2. The minimum atomic E-state index is -1.19. The molecule has 11 nitrogen and oxygen atoms in total. The normalized spacial score (nSPS) is 14.0. The van der Waals surface area contributed by atoms with Crippen LogP contribution in [0.5, 0.6) is 0 Å². The van der Waals surface area contributed by atoms with Crippen molar-refractivity contribution in [3.05, 3.63) is 29.1 Å². The number of piperidine rings is 1. The van der Waals surface area contributed by atoms with E-state index in [1.54, 1.807) is 12.1 Å². The summed E-state index contributed by atoms with van der Waals surface area (Å²) in [6, 6.07) is 6.28. The molecule has 0 bridgehead atoms.